The van der Waals surface area contributed by atoms with E-state index in [4.69, 9.17) is 5.73 Å². The van der Waals surface area contributed by atoms with Crippen LogP contribution >= 0.6 is 0 Å². The SMILES string of the molecule is CC1CCCCCC1Nc1nc(N)nc2ccccc12. The van der Waals surface area contributed by atoms with Crippen molar-refractivity contribution in [2.75, 3.05) is 11.1 Å². The van der Waals surface area contributed by atoms with Crippen molar-refractivity contribution in [2.24, 2.45) is 5.92 Å². The minimum Gasteiger partial charge on any atom is -0.368 e. The molecule has 3 N–H and O–H groups in total. The van der Waals surface area contributed by atoms with Crippen molar-refractivity contribution in [1.82, 2.24) is 9.97 Å². The Hall–Kier alpha value is -1.84. The van der Waals surface area contributed by atoms with E-state index in [0.29, 0.717) is 17.9 Å². The lowest BCUT2D eigenvalue weighted by Gasteiger charge is -2.24. The van der Waals surface area contributed by atoms with Crippen molar-refractivity contribution >= 4 is 22.7 Å². The van der Waals surface area contributed by atoms with E-state index in [-0.39, 0.29) is 0 Å². The predicted molar refractivity (Wildman–Crippen MR) is 83.6 cm³/mol. The lowest BCUT2D eigenvalue weighted by Crippen LogP contribution is -2.27. The first kappa shape index (κ1) is 13.2. The third kappa shape index (κ3) is 2.69. The van der Waals surface area contributed by atoms with Crippen LogP contribution in [0.3, 0.4) is 0 Å². The van der Waals surface area contributed by atoms with Gasteiger partial charge in [-0.15, -0.1) is 0 Å². The number of benzene rings is 1. The summed E-state index contributed by atoms with van der Waals surface area (Å²) in [5, 5.41) is 4.68. The smallest absolute Gasteiger partial charge is 0.222 e. The fourth-order valence-corrected chi connectivity index (χ4v) is 3.09. The average molecular weight is 270 g/mol. The van der Waals surface area contributed by atoms with Crippen LogP contribution in [0, 0.1) is 5.92 Å². The highest BCUT2D eigenvalue weighted by Gasteiger charge is 2.21. The maximum absolute atomic E-state index is 5.83. The summed E-state index contributed by atoms with van der Waals surface area (Å²) in [4.78, 5) is 8.71. The van der Waals surface area contributed by atoms with Gasteiger partial charge in [-0.2, -0.15) is 4.98 Å². The number of fused-ring (bicyclic) bond motifs is 1. The van der Waals surface area contributed by atoms with Crippen LogP contribution in [0.5, 0.6) is 0 Å². The zero-order valence-electron chi connectivity index (χ0n) is 12.0. The molecule has 106 valence electrons. The molecule has 0 radical (unpaired) electrons. The molecule has 0 amide bonds. The minimum atomic E-state index is 0.340. The zero-order chi connectivity index (χ0) is 13.9. The Morgan fingerprint density at radius 1 is 1.10 bits per heavy atom. The number of nitrogen functional groups attached to an aromatic ring is 1. The van der Waals surface area contributed by atoms with E-state index in [2.05, 4.69) is 28.3 Å². The lowest BCUT2D eigenvalue weighted by atomic mass is 9.97. The monoisotopic (exact) mass is 270 g/mol. The second kappa shape index (κ2) is 5.65. The first-order valence-corrected chi connectivity index (χ1v) is 7.53. The van der Waals surface area contributed by atoms with Crippen molar-refractivity contribution in [2.45, 2.75) is 45.1 Å². The normalized spacial score (nSPS) is 23.4. The lowest BCUT2D eigenvalue weighted by molar-refractivity contribution is 0.456. The Labute approximate surface area is 119 Å². The van der Waals surface area contributed by atoms with Crippen molar-refractivity contribution < 1.29 is 0 Å². The van der Waals surface area contributed by atoms with Crippen LogP contribution < -0.4 is 11.1 Å². The second-order valence-electron chi connectivity index (χ2n) is 5.81. The van der Waals surface area contributed by atoms with Gasteiger partial charge in [0, 0.05) is 11.4 Å². The number of hydrogen-bond donors (Lipinski definition) is 2. The molecule has 1 aromatic carbocycles. The number of aromatic nitrogens is 2. The van der Waals surface area contributed by atoms with Crippen molar-refractivity contribution in [3.63, 3.8) is 0 Å². The van der Waals surface area contributed by atoms with Crippen molar-refractivity contribution in [1.29, 1.82) is 0 Å². The van der Waals surface area contributed by atoms with Crippen LogP contribution in [0.4, 0.5) is 11.8 Å². The first-order chi connectivity index (χ1) is 9.74. The molecule has 1 fully saturated rings. The number of hydrogen-bond acceptors (Lipinski definition) is 4. The summed E-state index contributed by atoms with van der Waals surface area (Å²) in [6.45, 7) is 2.33. The van der Waals surface area contributed by atoms with Gasteiger partial charge in [0.1, 0.15) is 5.82 Å². The van der Waals surface area contributed by atoms with Crippen LogP contribution in [0.2, 0.25) is 0 Å². The summed E-state index contributed by atoms with van der Waals surface area (Å²) < 4.78 is 0. The summed E-state index contributed by atoms with van der Waals surface area (Å²) in [6.07, 6.45) is 6.47. The summed E-state index contributed by atoms with van der Waals surface area (Å²) in [5.74, 6) is 1.90. The Bertz CT molecular complexity index is 596. The topological polar surface area (TPSA) is 63.8 Å². The standard InChI is InChI=1S/C16H22N4/c1-11-7-3-2-4-9-13(11)18-15-12-8-5-6-10-14(12)19-16(17)20-15/h5-6,8,10-11,13H,2-4,7,9H2,1H3,(H3,17,18,19,20). The molecule has 0 aliphatic heterocycles. The van der Waals surface area contributed by atoms with Crippen LogP contribution in [-0.2, 0) is 0 Å². The van der Waals surface area contributed by atoms with Crippen LogP contribution in [0.1, 0.15) is 39.0 Å². The molecule has 4 nitrogen and oxygen atoms in total. The highest BCUT2D eigenvalue weighted by atomic mass is 15.1. The van der Waals surface area contributed by atoms with E-state index in [0.717, 1.165) is 16.7 Å². The number of rotatable bonds is 2. The number of nitrogens with one attached hydrogen (secondary N) is 1. The highest BCUT2D eigenvalue weighted by Crippen LogP contribution is 2.28. The van der Waals surface area contributed by atoms with Gasteiger partial charge in [-0.1, -0.05) is 38.3 Å². The van der Waals surface area contributed by atoms with Crippen LogP contribution in [-0.4, -0.2) is 16.0 Å². The molecule has 2 unspecified atom stereocenters. The Morgan fingerprint density at radius 3 is 2.80 bits per heavy atom. The van der Waals surface area contributed by atoms with Crippen molar-refractivity contribution in [3.8, 4) is 0 Å². The van der Waals surface area contributed by atoms with E-state index < -0.39 is 0 Å². The summed E-state index contributed by atoms with van der Waals surface area (Å²) in [7, 11) is 0. The molecular weight excluding hydrogens is 248 g/mol. The van der Waals surface area contributed by atoms with Crippen molar-refractivity contribution in [3.05, 3.63) is 24.3 Å². The third-order valence-electron chi connectivity index (χ3n) is 4.30. The van der Waals surface area contributed by atoms with E-state index >= 15 is 0 Å². The van der Waals surface area contributed by atoms with Gasteiger partial charge >= 0.3 is 0 Å². The fraction of sp³-hybridized carbons (Fsp3) is 0.500. The largest absolute Gasteiger partial charge is 0.368 e. The molecule has 3 rings (SSSR count). The predicted octanol–water partition coefficient (Wildman–Crippen LogP) is 3.59. The maximum atomic E-state index is 5.83. The minimum absolute atomic E-state index is 0.340. The highest BCUT2D eigenvalue weighted by molar-refractivity contribution is 5.89. The van der Waals surface area contributed by atoms with Gasteiger partial charge in [0.05, 0.1) is 5.52 Å². The molecule has 1 saturated carbocycles. The number of nitrogens with two attached hydrogens (primary N) is 1. The Morgan fingerprint density at radius 2 is 1.90 bits per heavy atom. The average Bonchev–Trinajstić information content (AvgIpc) is 2.64. The van der Waals surface area contributed by atoms with Gasteiger partial charge in [-0.3, -0.25) is 0 Å². The molecular formula is C16H22N4. The number of para-hydroxylation sites is 1. The van der Waals surface area contributed by atoms with Gasteiger partial charge in [0.25, 0.3) is 0 Å². The summed E-state index contributed by atoms with van der Waals surface area (Å²) in [6, 6.07) is 8.51. The molecule has 1 aliphatic carbocycles. The molecule has 1 heterocycles. The van der Waals surface area contributed by atoms with E-state index in [1.807, 2.05) is 18.2 Å². The number of nitrogens with zero attached hydrogens (tertiary/aromatic N) is 2. The van der Waals surface area contributed by atoms with Gasteiger partial charge in [-0.05, 0) is 30.9 Å². The molecule has 2 atom stereocenters. The molecule has 1 aromatic heterocycles. The molecule has 4 heteroatoms. The molecule has 1 aliphatic rings. The molecule has 2 aromatic rings. The quantitative estimate of drug-likeness (QED) is 0.818. The Balaban J connectivity index is 1.93. The van der Waals surface area contributed by atoms with Crippen LogP contribution in [0.15, 0.2) is 24.3 Å². The third-order valence-corrected chi connectivity index (χ3v) is 4.30. The van der Waals surface area contributed by atoms with Gasteiger partial charge in [0.2, 0.25) is 5.95 Å². The molecule has 0 bridgehead atoms. The summed E-state index contributed by atoms with van der Waals surface area (Å²) >= 11 is 0. The maximum Gasteiger partial charge on any atom is 0.222 e. The van der Waals surface area contributed by atoms with Gasteiger partial charge < -0.3 is 11.1 Å². The molecule has 0 spiro atoms. The molecule has 0 saturated heterocycles. The Kier molecular flexibility index (Phi) is 3.72. The van der Waals surface area contributed by atoms with E-state index in [1.54, 1.807) is 0 Å². The van der Waals surface area contributed by atoms with Crippen LogP contribution in [0.25, 0.3) is 10.9 Å². The summed E-state index contributed by atoms with van der Waals surface area (Å²) in [5.41, 5.74) is 6.74. The van der Waals surface area contributed by atoms with E-state index in [1.165, 1.54) is 32.1 Å². The molecule has 20 heavy (non-hydrogen) atoms. The zero-order valence-corrected chi connectivity index (χ0v) is 12.0. The first-order valence-electron chi connectivity index (χ1n) is 7.53. The number of anilines is 2. The second-order valence-corrected chi connectivity index (χ2v) is 5.81. The van der Waals surface area contributed by atoms with Gasteiger partial charge in [-0.25, -0.2) is 4.98 Å². The fourth-order valence-electron chi connectivity index (χ4n) is 3.09. The van der Waals surface area contributed by atoms with E-state index in [9.17, 15) is 0 Å². The van der Waals surface area contributed by atoms with Gasteiger partial charge in [0.15, 0.2) is 0 Å².